The van der Waals surface area contributed by atoms with E-state index in [0.29, 0.717) is 22.8 Å². The number of urea groups is 1. The third-order valence-electron chi connectivity index (χ3n) is 5.33. The van der Waals surface area contributed by atoms with E-state index in [9.17, 15) is 24.5 Å². The Morgan fingerprint density at radius 1 is 1.15 bits per heavy atom. The SMILES string of the molecule is Cc1cc(NC(=O)CN2C(=O)NC(C)(c3ccccc3)C2=O)n(-c2ccc([N+](=O)[O-])cc2)n1. The van der Waals surface area contributed by atoms with Crippen LogP contribution in [0.15, 0.2) is 60.7 Å². The normalized spacial score (nSPS) is 17.7. The predicted octanol–water partition coefficient (Wildman–Crippen LogP) is 2.49. The summed E-state index contributed by atoms with van der Waals surface area (Å²) in [5.41, 5.74) is 0.354. The van der Waals surface area contributed by atoms with E-state index < -0.39 is 34.9 Å². The van der Waals surface area contributed by atoms with Crippen molar-refractivity contribution >= 4 is 29.4 Å². The van der Waals surface area contributed by atoms with Gasteiger partial charge in [-0.25, -0.2) is 9.48 Å². The minimum atomic E-state index is -1.27. The zero-order chi connectivity index (χ0) is 23.8. The number of carbonyl (C=O) groups is 3. The standard InChI is InChI=1S/C22H20N6O5/c1-14-12-18(27(25-14)16-8-10-17(11-9-16)28(32)33)23-19(29)13-26-20(30)22(2,24-21(26)31)15-6-4-3-5-7-15/h3-12H,13H2,1-2H3,(H,23,29)(H,24,31). The van der Waals surface area contributed by atoms with Gasteiger partial charge in [-0.15, -0.1) is 0 Å². The lowest BCUT2D eigenvalue weighted by atomic mass is 9.92. The van der Waals surface area contributed by atoms with Gasteiger partial charge < -0.3 is 10.6 Å². The summed E-state index contributed by atoms with van der Waals surface area (Å²) in [6.45, 7) is 2.82. The number of carbonyl (C=O) groups excluding carboxylic acids is 3. The lowest BCUT2D eigenvalue weighted by Crippen LogP contribution is -2.42. The third kappa shape index (κ3) is 4.03. The molecule has 1 atom stereocenters. The van der Waals surface area contributed by atoms with Crippen molar-refractivity contribution in [3.05, 3.63) is 82.0 Å². The molecule has 2 heterocycles. The molecule has 11 nitrogen and oxygen atoms in total. The van der Waals surface area contributed by atoms with Crippen LogP contribution < -0.4 is 10.6 Å². The van der Waals surface area contributed by atoms with Crippen LogP contribution in [-0.4, -0.2) is 44.0 Å². The van der Waals surface area contributed by atoms with E-state index in [1.165, 1.54) is 28.9 Å². The third-order valence-corrected chi connectivity index (χ3v) is 5.33. The number of benzene rings is 2. The van der Waals surface area contributed by atoms with Crippen molar-refractivity contribution in [2.75, 3.05) is 11.9 Å². The van der Waals surface area contributed by atoms with E-state index in [0.717, 1.165) is 4.90 Å². The smallest absolute Gasteiger partial charge is 0.319 e. The molecule has 1 saturated heterocycles. The first-order chi connectivity index (χ1) is 15.7. The molecule has 0 saturated carbocycles. The van der Waals surface area contributed by atoms with Crippen LogP contribution in [0.4, 0.5) is 16.3 Å². The van der Waals surface area contributed by atoms with Gasteiger partial charge in [-0.1, -0.05) is 30.3 Å². The van der Waals surface area contributed by atoms with Crippen molar-refractivity contribution in [3.63, 3.8) is 0 Å². The topological polar surface area (TPSA) is 139 Å². The quantitative estimate of drug-likeness (QED) is 0.337. The van der Waals surface area contributed by atoms with Crippen LogP contribution >= 0.6 is 0 Å². The van der Waals surface area contributed by atoms with Gasteiger partial charge in [0.05, 0.1) is 16.3 Å². The van der Waals surface area contributed by atoms with E-state index in [1.54, 1.807) is 50.2 Å². The Labute approximate surface area is 188 Å². The number of anilines is 1. The molecule has 4 rings (SSSR count). The number of nitrogens with one attached hydrogen (secondary N) is 2. The van der Waals surface area contributed by atoms with Gasteiger partial charge in [-0.05, 0) is 31.5 Å². The van der Waals surface area contributed by atoms with Crippen LogP contribution in [-0.2, 0) is 15.1 Å². The number of aromatic nitrogens is 2. The van der Waals surface area contributed by atoms with Crippen LogP contribution in [0.1, 0.15) is 18.2 Å². The van der Waals surface area contributed by atoms with Crippen LogP contribution in [0.2, 0.25) is 0 Å². The summed E-state index contributed by atoms with van der Waals surface area (Å²) in [5.74, 6) is -0.836. The highest BCUT2D eigenvalue weighted by Gasteiger charge is 2.49. The molecule has 0 spiro atoms. The molecule has 2 aromatic carbocycles. The molecule has 1 unspecified atom stereocenters. The molecule has 11 heteroatoms. The fraction of sp³-hybridized carbons (Fsp3) is 0.182. The van der Waals surface area contributed by atoms with Gasteiger partial charge in [-0.2, -0.15) is 5.10 Å². The molecule has 0 radical (unpaired) electrons. The van der Waals surface area contributed by atoms with Crippen molar-refractivity contribution in [1.82, 2.24) is 20.0 Å². The number of imide groups is 1. The zero-order valence-corrected chi connectivity index (χ0v) is 17.8. The van der Waals surface area contributed by atoms with E-state index in [2.05, 4.69) is 15.7 Å². The van der Waals surface area contributed by atoms with Crippen molar-refractivity contribution in [2.24, 2.45) is 0 Å². The number of hydrogen-bond donors (Lipinski definition) is 2. The molecule has 1 fully saturated rings. The minimum absolute atomic E-state index is 0.0757. The van der Waals surface area contributed by atoms with Crippen LogP contribution in [0, 0.1) is 17.0 Å². The maximum atomic E-state index is 13.0. The fourth-order valence-electron chi connectivity index (χ4n) is 3.63. The summed E-state index contributed by atoms with van der Waals surface area (Å²) >= 11 is 0. The average Bonchev–Trinajstić information content (AvgIpc) is 3.26. The molecule has 1 aromatic heterocycles. The number of nitro benzene ring substituents is 1. The summed E-state index contributed by atoms with van der Waals surface area (Å²) in [4.78, 5) is 49.4. The monoisotopic (exact) mass is 448 g/mol. The molecule has 168 valence electrons. The minimum Gasteiger partial charge on any atom is -0.319 e. The van der Waals surface area contributed by atoms with Gasteiger partial charge in [-0.3, -0.25) is 24.6 Å². The van der Waals surface area contributed by atoms with E-state index in [4.69, 9.17) is 0 Å². The van der Waals surface area contributed by atoms with Crippen molar-refractivity contribution in [3.8, 4) is 5.69 Å². The number of aryl methyl sites for hydroxylation is 1. The number of non-ortho nitro benzene ring substituents is 1. The lowest BCUT2D eigenvalue weighted by molar-refractivity contribution is -0.384. The largest absolute Gasteiger partial charge is 0.325 e. The fourth-order valence-corrected chi connectivity index (χ4v) is 3.63. The molecule has 4 amide bonds. The zero-order valence-electron chi connectivity index (χ0n) is 17.8. The van der Waals surface area contributed by atoms with Crippen molar-refractivity contribution in [2.45, 2.75) is 19.4 Å². The van der Waals surface area contributed by atoms with E-state index in [1.807, 2.05) is 0 Å². The Kier molecular flexibility index (Phi) is 5.38. The van der Waals surface area contributed by atoms with Gasteiger partial charge in [0.25, 0.3) is 11.6 Å². The highest BCUT2D eigenvalue weighted by molar-refractivity contribution is 6.10. The summed E-state index contributed by atoms with van der Waals surface area (Å²) in [6, 6.07) is 15.4. The maximum absolute atomic E-state index is 13.0. The Balaban J connectivity index is 1.51. The summed E-state index contributed by atoms with van der Waals surface area (Å²) in [5, 5.41) is 20.5. The number of hydrogen-bond acceptors (Lipinski definition) is 6. The number of nitrogens with zero attached hydrogens (tertiary/aromatic N) is 4. The second kappa shape index (κ2) is 8.19. The molecule has 2 N–H and O–H groups in total. The molecule has 1 aliphatic heterocycles. The van der Waals surface area contributed by atoms with Crippen LogP contribution in [0.25, 0.3) is 5.69 Å². The summed E-state index contributed by atoms with van der Waals surface area (Å²) < 4.78 is 1.41. The number of nitro groups is 1. The highest BCUT2D eigenvalue weighted by atomic mass is 16.6. The summed E-state index contributed by atoms with van der Waals surface area (Å²) in [6.07, 6.45) is 0. The molecule has 0 bridgehead atoms. The Bertz CT molecular complexity index is 1250. The van der Waals surface area contributed by atoms with Gasteiger partial charge in [0.1, 0.15) is 17.9 Å². The van der Waals surface area contributed by atoms with Gasteiger partial charge >= 0.3 is 6.03 Å². The Morgan fingerprint density at radius 2 is 1.82 bits per heavy atom. The lowest BCUT2D eigenvalue weighted by Gasteiger charge is -2.22. The molecular weight excluding hydrogens is 428 g/mol. The number of amides is 4. The van der Waals surface area contributed by atoms with E-state index >= 15 is 0 Å². The molecule has 1 aliphatic rings. The van der Waals surface area contributed by atoms with Crippen LogP contribution in [0.5, 0.6) is 0 Å². The molecular formula is C22H20N6O5. The second-order valence-electron chi connectivity index (χ2n) is 7.72. The van der Waals surface area contributed by atoms with Crippen molar-refractivity contribution in [1.29, 1.82) is 0 Å². The highest BCUT2D eigenvalue weighted by Crippen LogP contribution is 2.28. The first kappa shape index (κ1) is 21.7. The predicted molar refractivity (Wildman–Crippen MR) is 118 cm³/mol. The average molecular weight is 448 g/mol. The number of rotatable bonds is 6. The Morgan fingerprint density at radius 3 is 2.45 bits per heavy atom. The molecule has 3 aromatic rings. The molecule has 0 aliphatic carbocycles. The summed E-state index contributed by atoms with van der Waals surface area (Å²) in [7, 11) is 0. The first-order valence-electron chi connectivity index (χ1n) is 10.00. The molecule has 33 heavy (non-hydrogen) atoms. The van der Waals surface area contributed by atoms with E-state index in [-0.39, 0.29) is 5.69 Å². The van der Waals surface area contributed by atoms with Crippen molar-refractivity contribution < 1.29 is 19.3 Å². The van der Waals surface area contributed by atoms with Crippen LogP contribution in [0.3, 0.4) is 0 Å². The van der Waals surface area contributed by atoms with Gasteiger partial charge in [0.2, 0.25) is 5.91 Å². The van der Waals surface area contributed by atoms with Gasteiger partial charge in [0, 0.05) is 18.2 Å². The maximum Gasteiger partial charge on any atom is 0.325 e. The first-order valence-corrected chi connectivity index (χ1v) is 10.00. The second-order valence-corrected chi connectivity index (χ2v) is 7.72. The Hall–Kier alpha value is -4.54. The van der Waals surface area contributed by atoms with Gasteiger partial charge in [0.15, 0.2) is 0 Å².